The number of nitrogens with two attached hydrogens (primary N) is 1. The highest BCUT2D eigenvalue weighted by atomic mass is 16.5. The van der Waals surface area contributed by atoms with Crippen molar-refractivity contribution in [3.8, 4) is 0 Å². The lowest BCUT2D eigenvalue weighted by atomic mass is 9.84. The molecule has 1 saturated heterocycles. The Labute approximate surface area is 110 Å². The second-order valence-electron chi connectivity index (χ2n) is 6.36. The fourth-order valence-electron chi connectivity index (χ4n) is 3.15. The van der Waals surface area contributed by atoms with Gasteiger partial charge in [-0.1, -0.05) is 12.8 Å². The summed E-state index contributed by atoms with van der Waals surface area (Å²) in [6, 6.07) is 0.293. The van der Waals surface area contributed by atoms with Gasteiger partial charge in [0.25, 0.3) is 0 Å². The molecule has 2 aliphatic rings. The largest absolute Gasteiger partial charge is 0.375 e. The van der Waals surface area contributed by atoms with Gasteiger partial charge < -0.3 is 15.8 Å². The Balaban J connectivity index is 1.86. The van der Waals surface area contributed by atoms with Crippen LogP contribution in [0.1, 0.15) is 52.4 Å². The molecule has 4 nitrogen and oxygen atoms in total. The molecule has 3 N–H and O–H groups in total. The van der Waals surface area contributed by atoms with Crippen LogP contribution in [0.3, 0.4) is 0 Å². The molecule has 3 atom stereocenters. The number of ether oxygens (including phenoxy) is 1. The van der Waals surface area contributed by atoms with Gasteiger partial charge in [0.2, 0.25) is 5.91 Å². The van der Waals surface area contributed by atoms with Crippen LogP contribution in [0.5, 0.6) is 0 Å². The van der Waals surface area contributed by atoms with E-state index in [-0.39, 0.29) is 29.5 Å². The minimum Gasteiger partial charge on any atom is -0.375 e. The fraction of sp³-hybridized carbons (Fsp3) is 0.929. The van der Waals surface area contributed by atoms with Crippen molar-refractivity contribution in [2.24, 2.45) is 11.7 Å². The third-order valence-corrected chi connectivity index (χ3v) is 4.20. The van der Waals surface area contributed by atoms with Crippen LogP contribution < -0.4 is 11.1 Å². The molecule has 18 heavy (non-hydrogen) atoms. The third-order valence-electron chi connectivity index (χ3n) is 4.20. The van der Waals surface area contributed by atoms with Crippen molar-refractivity contribution in [2.75, 3.05) is 6.61 Å². The quantitative estimate of drug-likeness (QED) is 0.786. The first-order valence-electron chi connectivity index (χ1n) is 7.18. The van der Waals surface area contributed by atoms with Gasteiger partial charge in [-0.05, 0) is 39.5 Å². The SMILES string of the molecule is CC1(C)CC(NC(=O)C2CCCCC2N)CCO1. The van der Waals surface area contributed by atoms with E-state index < -0.39 is 0 Å². The summed E-state index contributed by atoms with van der Waals surface area (Å²) < 4.78 is 5.67. The van der Waals surface area contributed by atoms with E-state index in [0.29, 0.717) is 0 Å². The van der Waals surface area contributed by atoms with Crippen LogP contribution in [0, 0.1) is 5.92 Å². The van der Waals surface area contributed by atoms with E-state index in [4.69, 9.17) is 10.5 Å². The molecular formula is C14H26N2O2. The Morgan fingerprint density at radius 2 is 2.00 bits per heavy atom. The number of hydrogen-bond donors (Lipinski definition) is 2. The van der Waals surface area contributed by atoms with Crippen molar-refractivity contribution in [1.82, 2.24) is 5.32 Å². The first kappa shape index (κ1) is 13.8. The number of carbonyl (C=O) groups excluding carboxylic acids is 1. The molecule has 1 amide bonds. The fourth-order valence-corrected chi connectivity index (χ4v) is 3.15. The maximum absolute atomic E-state index is 12.3. The summed E-state index contributed by atoms with van der Waals surface area (Å²) in [5.74, 6) is 0.176. The van der Waals surface area contributed by atoms with E-state index in [9.17, 15) is 4.79 Å². The highest BCUT2D eigenvalue weighted by Crippen LogP contribution is 2.26. The molecule has 1 saturated carbocycles. The highest BCUT2D eigenvalue weighted by Gasteiger charge is 2.33. The van der Waals surface area contributed by atoms with Crippen molar-refractivity contribution in [3.05, 3.63) is 0 Å². The molecule has 0 spiro atoms. The van der Waals surface area contributed by atoms with Crippen LogP contribution in [-0.2, 0) is 9.53 Å². The Kier molecular flexibility index (Phi) is 4.28. The van der Waals surface area contributed by atoms with Crippen LogP contribution in [-0.4, -0.2) is 30.2 Å². The molecule has 4 heteroatoms. The summed E-state index contributed by atoms with van der Waals surface area (Å²) in [4.78, 5) is 12.3. The lowest BCUT2D eigenvalue weighted by Crippen LogP contribution is -2.50. The van der Waals surface area contributed by atoms with Crippen LogP contribution in [0.2, 0.25) is 0 Å². The molecule has 2 rings (SSSR count). The zero-order valence-electron chi connectivity index (χ0n) is 11.6. The molecule has 104 valence electrons. The van der Waals surface area contributed by atoms with Gasteiger partial charge in [0.1, 0.15) is 0 Å². The molecule has 1 aliphatic carbocycles. The second-order valence-corrected chi connectivity index (χ2v) is 6.36. The summed E-state index contributed by atoms with van der Waals surface area (Å²) >= 11 is 0. The maximum Gasteiger partial charge on any atom is 0.224 e. The van der Waals surface area contributed by atoms with E-state index in [2.05, 4.69) is 19.2 Å². The average molecular weight is 254 g/mol. The van der Waals surface area contributed by atoms with E-state index in [0.717, 1.165) is 45.1 Å². The average Bonchev–Trinajstić information content (AvgIpc) is 2.28. The summed E-state index contributed by atoms with van der Waals surface area (Å²) in [6.45, 7) is 4.89. The number of nitrogens with one attached hydrogen (secondary N) is 1. The third kappa shape index (κ3) is 3.45. The van der Waals surface area contributed by atoms with E-state index in [1.54, 1.807) is 0 Å². The Morgan fingerprint density at radius 1 is 1.28 bits per heavy atom. The lowest BCUT2D eigenvalue weighted by Gasteiger charge is -2.37. The monoisotopic (exact) mass is 254 g/mol. The molecule has 2 fully saturated rings. The molecule has 0 aromatic heterocycles. The predicted molar refractivity (Wildman–Crippen MR) is 71.1 cm³/mol. The molecule has 0 aromatic rings. The first-order valence-corrected chi connectivity index (χ1v) is 7.18. The van der Waals surface area contributed by atoms with Crippen LogP contribution in [0.25, 0.3) is 0 Å². The summed E-state index contributed by atoms with van der Waals surface area (Å²) in [5, 5.41) is 3.18. The first-order chi connectivity index (χ1) is 8.48. The van der Waals surface area contributed by atoms with Crippen molar-refractivity contribution in [1.29, 1.82) is 0 Å². The van der Waals surface area contributed by atoms with Gasteiger partial charge in [-0.3, -0.25) is 4.79 Å². The molecule has 1 heterocycles. The Morgan fingerprint density at radius 3 is 2.67 bits per heavy atom. The van der Waals surface area contributed by atoms with Crippen molar-refractivity contribution in [2.45, 2.75) is 70.1 Å². The number of carbonyl (C=O) groups is 1. The van der Waals surface area contributed by atoms with Gasteiger partial charge in [-0.2, -0.15) is 0 Å². The van der Waals surface area contributed by atoms with Crippen molar-refractivity contribution < 1.29 is 9.53 Å². The zero-order valence-corrected chi connectivity index (χ0v) is 11.6. The van der Waals surface area contributed by atoms with Gasteiger partial charge in [0.15, 0.2) is 0 Å². The summed E-state index contributed by atoms with van der Waals surface area (Å²) in [7, 11) is 0. The molecular weight excluding hydrogens is 228 g/mol. The number of rotatable bonds is 2. The van der Waals surface area contributed by atoms with Gasteiger partial charge in [-0.25, -0.2) is 0 Å². The lowest BCUT2D eigenvalue weighted by molar-refractivity contribution is -0.129. The molecule has 0 radical (unpaired) electrons. The molecule has 0 bridgehead atoms. The topological polar surface area (TPSA) is 64.4 Å². The number of hydrogen-bond acceptors (Lipinski definition) is 3. The predicted octanol–water partition coefficient (Wildman–Crippen LogP) is 1.58. The normalized spacial score (nSPS) is 36.1. The standard InChI is InChI=1S/C14H26N2O2/c1-14(2)9-10(7-8-18-14)16-13(17)11-5-3-4-6-12(11)15/h10-12H,3-9,15H2,1-2H3,(H,16,17). The van der Waals surface area contributed by atoms with Gasteiger partial charge in [-0.15, -0.1) is 0 Å². The molecule has 1 aliphatic heterocycles. The second kappa shape index (κ2) is 5.57. The van der Waals surface area contributed by atoms with Crippen LogP contribution >= 0.6 is 0 Å². The molecule has 3 unspecified atom stereocenters. The summed E-state index contributed by atoms with van der Waals surface area (Å²) in [5.41, 5.74) is 5.93. The van der Waals surface area contributed by atoms with E-state index >= 15 is 0 Å². The van der Waals surface area contributed by atoms with Crippen LogP contribution in [0.15, 0.2) is 0 Å². The minimum absolute atomic E-state index is 0.0182. The van der Waals surface area contributed by atoms with Gasteiger partial charge in [0, 0.05) is 18.7 Å². The Hall–Kier alpha value is -0.610. The van der Waals surface area contributed by atoms with Gasteiger partial charge in [0.05, 0.1) is 11.5 Å². The van der Waals surface area contributed by atoms with E-state index in [1.807, 2.05) is 0 Å². The minimum atomic E-state index is -0.120. The Bertz CT molecular complexity index is 304. The van der Waals surface area contributed by atoms with Crippen molar-refractivity contribution in [3.63, 3.8) is 0 Å². The maximum atomic E-state index is 12.3. The summed E-state index contributed by atoms with van der Waals surface area (Å²) in [6.07, 6.45) is 6.02. The smallest absolute Gasteiger partial charge is 0.224 e. The highest BCUT2D eigenvalue weighted by molar-refractivity contribution is 5.79. The van der Waals surface area contributed by atoms with Crippen molar-refractivity contribution >= 4 is 5.91 Å². The van der Waals surface area contributed by atoms with Crippen LogP contribution in [0.4, 0.5) is 0 Å². The molecule has 0 aromatic carbocycles. The van der Waals surface area contributed by atoms with Gasteiger partial charge >= 0.3 is 0 Å². The number of amides is 1. The zero-order chi connectivity index (χ0) is 13.2. The van der Waals surface area contributed by atoms with E-state index in [1.165, 1.54) is 0 Å².